The van der Waals surface area contributed by atoms with Crippen molar-refractivity contribution >= 4 is 23.9 Å². The molecule has 1 aliphatic heterocycles. The molecule has 1 heterocycles. The highest BCUT2D eigenvalue weighted by molar-refractivity contribution is 5.89. The van der Waals surface area contributed by atoms with Gasteiger partial charge in [-0.05, 0) is 27.2 Å². The molecule has 0 radical (unpaired) electrons. The first-order valence-corrected chi connectivity index (χ1v) is 9.20. The molecule has 0 aromatic carbocycles. The summed E-state index contributed by atoms with van der Waals surface area (Å²) in [7, 11) is 2.72. The van der Waals surface area contributed by atoms with E-state index >= 15 is 0 Å². The number of ether oxygens (including phenoxy) is 3. The zero-order chi connectivity index (χ0) is 21.3. The SMILES string of the molecule is COC(=O)CCC(NC(=O)OC(C)(C)C)C(=O)N(C)CC(=O)N1CCOCC1. The minimum Gasteiger partial charge on any atom is -0.469 e. The third-order valence-electron chi connectivity index (χ3n) is 3.97. The number of morpholine rings is 1. The number of carbonyl (C=O) groups excluding carboxylic acids is 4. The fourth-order valence-electron chi connectivity index (χ4n) is 2.53. The highest BCUT2D eigenvalue weighted by atomic mass is 16.6. The molecule has 1 N–H and O–H groups in total. The molecule has 10 heteroatoms. The Balaban J connectivity index is 2.73. The summed E-state index contributed by atoms with van der Waals surface area (Å²) in [6.45, 7) is 6.84. The lowest BCUT2D eigenvalue weighted by Crippen LogP contribution is -2.52. The van der Waals surface area contributed by atoms with Gasteiger partial charge in [-0.2, -0.15) is 0 Å². The molecule has 1 atom stereocenters. The van der Waals surface area contributed by atoms with E-state index in [1.807, 2.05) is 0 Å². The van der Waals surface area contributed by atoms with Crippen LogP contribution >= 0.6 is 0 Å². The van der Waals surface area contributed by atoms with Crippen LogP contribution in [0, 0.1) is 0 Å². The van der Waals surface area contributed by atoms with Crippen LogP contribution in [0.2, 0.25) is 0 Å². The summed E-state index contributed by atoms with van der Waals surface area (Å²) >= 11 is 0. The van der Waals surface area contributed by atoms with Crippen LogP contribution in [-0.4, -0.2) is 92.3 Å². The predicted octanol–water partition coefficient (Wildman–Crippen LogP) is 0.150. The fraction of sp³-hybridized carbons (Fsp3) is 0.778. The third kappa shape index (κ3) is 8.55. The van der Waals surface area contributed by atoms with Gasteiger partial charge in [0.15, 0.2) is 0 Å². The maximum absolute atomic E-state index is 12.8. The molecule has 0 saturated carbocycles. The highest BCUT2D eigenvalue weighted by Crippen LogP contribution is 2.09. The van der Waals surface area contributed by atoms with Crippen molar-refractivity contribution in [1.29, 1.82) is 0 Å². The van der Waals surface area contributed by atoms with E-state index in [9.17, 15) is 19.2 Å². The molecule has 0 spiro atoms. The Hall–Kier alpha value is -2.36. The maximum atomic E-state index is 12.8. The molecule has 1 rings (SSSR count). The number of hydrogen-bond donors (Lipinski definition) is 1. The Morgan fingerprint density at radius 3 is 2.32 bits per heavy atom. The monoisotopic (exact) mass is 401 g/mol. The van der Waals surface area contributed by atoms with Crippen molar-refractivity contribution in [3.63, 3.8) is 0 Å². The van der Waals surface area contributed by atoms with Crippen molar-refractivity contribution < 1.29 is 33.4 Å². The van der Waals surface area contributed by atoms with Crippen LogP contribution in [0.5, 0.6) is 0 Å². The Morgan fingerprint density at radius 1 is 1.18 bits per heavy atom. The maximum Gasteiger partial charge on any atom is 0.408 e. The molecular weight excluding hydrogens is 370 g/mol. The zero-order valence-electron chi connectivity index (χ0n) is 17.3. The second kappa shape index (κ2) is 10.8. The number of amides is 3. The van der Waals surface area contributed by atoms with E-state index in [-0.39, 0.29) is 25.3 Å². The van der Waals surface area contributed by atoms with Crippen LogP contribution in [0.15, 0.2) is 0 Å². The molecular formula is C18H31N3O7. The second-order valence-electron chi connectivity index (χ2n) is 7.50. The third-order valence-corrected chi connectivity index (χ3v) is 3.97. The number of nitrogens with one attached hydrogen (secondary N) is 1. The van der Waals surface area contributed by atoms with E-state index in [2.05, 4.69) is 10.1 Å². The highest BCUT2D eigenvalue weighted by Gasteiger charge is 2.29. The number of methoxy groups -OCH3 is 1. The van der Waals surface area contributed by atoms with Crippen molar-refractivity contribution in [2.24, 2.45) is 0 Å². The van der Waals surface area contributed by atoms with E-state index in [1.165, 1.54) is 19.1 Å². The number of carbonyl (C=O) groups is 4. The molecule has 10 nitrogen and oxygen atoms in total. The van der Waals surface area contributed by atoms with Gasteiger partial charge in [0.1, 0.15) is 11.6 Å². The number of likely N-dealkylation sites (N-methyl/N-ethyl adjacent to an activating group) is 1. The largest absolute Gasteiger partial charge is 0.469 e. The van der Waals surface area contributed by atoms with Gasteiger partial charge in [0.05, 0.1) is 26.9 Å². The van der Waals surface area contributed by atoms with Crippen molar-refractivity contribution in [3.8, 4) is 0 Å². The van der Waals surface area contributed by atoms with E-state index in [1.54, 1.807) is 25.7 Å². The molecule has 3 amide bonds. The van der Waals surface area contributed by atoms with Gasteiger partial charge in [-0.1, -0.05) is 0 Å². The van der Waals surface area contributed by atoms with Gasteiger partial charge >= 0.3 is 12.1 Å². The first-order chi connectivity index (χ1) is 13.0. The molecule has 1 fully saturated rings. The normalized spacial score (nSPS) is 15.4. The summed E-state index contributed by atoms with van der Waals surface area (Å²) < 4.78 is 15.0. The van der Waals surface area contributed by atoms with Crippen molar-refractivity contribution in [3.05, 3.63) is 0 Å². The average Bonchev–Trinajstić information content (AvgIpc) is 2.63. The van der Waals surface area contributed by atoms with Crippen LogP contribution in [0.25, 0.3) is 0 Å². The molecule has 1 saturated heterocycles. The standard InChI is InChI=1S/C18H31N3O7/c1-18(2,3)28-17(25)19-13(6-7-15(23)26-5)16(24)20(4)12-14(22)21-8-10-27-11-9-21/h13H,6-12H2,1-5H3,(H,19,25). The van der Waals surface area contributed by atoms with Gasteiger partial charge in [-0.3, -0.25) is 14.4 Å². The number of alkyl carbamates (subject to hydrolysis) is 1. The van der Waals surface area contributed by atoms with Crippen LogP contribution in [0.4, 0.5) is 4.79 Å². The second-order valence-corrected chi connectivity index (χ2v) is 7.50. The van der Waals surface area contributed by atoms with Crippen LogP contribution < -0.4 is 5.32 Å². The first kappa shape index (κ1) is 23.7. The van der Waals surface area contributed by atoms with Gasteiger partial charge in [-0.15, -0.1) is 0 Å². The average molecular weight is 401 g/mol. The molecule has 0 bridgehead atoms. The molecule has 0 aromatic heterocycles. The molecule has 0 aliphatic carbocycles. The molecule has 0 aromatic rings. The lowest BCUT2D eigenvalue weighted by atomic mass is 10.1. The van der Waals surface area contributed by atoms with Gasteiger partial charge in [0.25, 0.3) is 0 Å². The Labute approximate surface area is 165 Å². The molecule has 1 unspecified atom stereocenters. The van der Waals surface area contributed by atoms with Crippen LogP contribution in [0.1, 0.15) is 33.6 Å². The van der Waals surface area contributed by atoms with Crippen molar-refractivity contribution in [2.75, 3.05) is 47.0 Å². The summed E-state index contributed by atoms with van der Waals surface area (Å²) in [6, 6.07) is -1.02. The Kier molecular flexibility index (Phi) is 9.17. The number of rotatable bonds is 7. The zero-order valence-corrected chi connectivity index (χ0v) is 17.3. The number of nitrogens with zero attached hydrogens (tertiary/aromatic N) is 2. The Bertz CT molecular complexity index is 568. The lowest BCUT2D eigenvalue weighted by molar-refractivity contribution is -0.144. The van der Waals surface area contributed by atoms with Gasteiger partial charge in [0.2, 0.25) is 11.8 Å². The molecule has 28 heavy (non-hydrogen) atoms. The van der Waals surface area contributed by atoms with Gasteiger partial charge in [0, 0.05) is 26.6 Å². The van der Waals surface area contributed by atoms with E-state index in [0.717, 1.165) is 0 Å². The van der Waals surface area contributed by atoms with Gasteiger partial charge < -0.3 is 29.3 Å². The first-order valence-electron chi connectivity index (χ1n) is 9.20. The van der Waals surface area contributed by atoms with Gasteiger partial charge in [-0.25, -0.2) is 4.79 Å². The summed E-state index contributed by atoms with van der Waals surface area (Å²) in [5.74, 6) is -1.20. The van der Waals surface area contributed by atoms with Crippen molar-refractivity contribution in [1.82, 2.24) is 15.1 Å². The number of esters is 1. The summed E-state index contributed by atoms with van der Waals surface area (Å²) in [5.41, 5.74) is -0.738. The minimum atomic E-state index is -1.02. The quantitative estimate of drug-likeness (QED) is 0.604. The van der Waals surface area contributed by atoms with Crippen LogP contribution in [-0.2, 0) is 28.6 Å². The topological polar surface area (TPSA) is 114 Å². The van der Waals surface area contributed by atoms with E-state index in [0.29, 0.717) is 26.3 Å². The smallest absolute Gasteiger partial charge is 0.408 e. The van der Waals surface area contributed by atoms with Crippen molar-refractivity contribution in [2.45, 2.75) is 45.3 Å². The lowest BCUT2D eigenvalue weighted by Gasteiger charge is -2.30. The summed E-state index contributed by atoms with van der Waals surface area (Å²) in [5, 5.41) is 2.48. The number of hydrogen-bond acceptors (Lipinski definition) is 7. The predicted molar refractivity (Wildman–Crippen MR) is 99.4 cm³/mol. The summed E-state index contributed by atoms with van der Waals surface area (Å²) in [6.07, 6.45) is -0.807. The van der Waals surface area contributed by atoms with E-state index in [4.69, 9.17) is 9.47 Å². The minimum absolute atomic E-state index is 0.0286. The van der Waals surface area contributed by atoms with E-state index < -0.39 is 29.6 Å². The summed E-state index contributed by atoms with van der Waals surface area (Å²) in [4.78, 5) is 51.5. The molecule has 1 aliphatic rings. The van der Waals surface area contributed by atoms with Crippen LogP contribution in [0.3, 0.4) is 0 Å². The molecule has 160 valence electrons. The fourth-order valence-corrected chi connectivity index (χ4v) is 2.53. The Morgan fingerprint density at radius 2 is 1.79 bits per heavy atom.